The van der Waals surface area contributed by atoms with Crippen molar-refractivity contribution < 1.29 is 0 Å². The molecule has 0 aliphatic carbocycles. The second kappa shape index (κ2) is 7.58. The van der Waals surface area contributed by atoms with Gasteiger partial charge in [0.2, 0.25) is 0 Å². The summed E-state index contributed by atoms with van der Waals surface area (Å²) in [5.41, 5.74) is 1.38. The molecule has 1 atom stereocenters. The van der Waals surface area contributed by atoms with Crippen LogP contribution in [0.4, 0.5) is 0 Å². The first-order valence-corrected chi connectivity index (χ1v) is 8.77. The molecule has 4 heteroatoms. The van der Waals surface area contributed by atoms with E-state index in [1.54, 1.807) is 0 Å². The largest absolute Gasteiger partial charge is 0.319 e. The van der Waals surface area contributed by atoms with Crippen LogP contribution in [0.3, 0.4) is 0 Å². The van der Waals surface area contributed by atoms with Crippen LogP contribution < -0.4 is 5.32 Å². The number of rotatable bonds is 6. The number of hydrogen-bond donors (Lipinski definition) is 1. The molecule has 0 spiro atoms. The van der Waals surface area contributed by atoms with Crippen LogP contribution in [-0.2, 0) is 12.8 Å². The van der Waals surface area contributed by atoms with E-state index in [4.69, 9.17) is 0 Å². The Kier molecular flexibility index (Phi) is 6.07. The maximum absolute atomic E-state index is 3.64. The lowest BCUT2D eigenvalue weighted by molar-refractivity contribution is 0.495. The lowest BCUT2D eigenvalue weighted by Gasteiger charge is -2.17. The Balaban J connectivity index is 2.08. The average molecular weight is 403 g/mol. The maximum Gasteiger partial charge on any atom is 0.0314 e. The van der Waals surface area contributed by atoms with Crippen molar-refractivity contribution in [1.82, 2.24) is 5.32 Å². The monoisotopic (exact) mass is 401 g/mol. The zero-order valence-corrected chi connectivity index (χ0v) is 14.8. The van der Waals surface area contributed by atoms with Crippen molar-refractivity contribution in [3.05, 3.63) is 55.1 Å². The molecule has 1 heterocycles. The summed E-state index contributed by atoms with van der Waals surface area (Å²) < 4.78 is 2.45. The molecule has 0 bridgehead atoms. The van der Waals surface area contributed by atoms with Gasteiger partial charge < -0.3 is 5.32 Å². The van der Waals surface area contributed by atoms with E-state index in [2.05, 4.69) is 72.9 Å². The van der Waals surface area contributed by atoms with Gasteiger partial charge in [-0.2, -0.15) is 0 Å². The van der Waals surface area contributed by atoms with Gasteiger partial charge in [0, 0.05) is 13.8 Å². The van der Waals surface area contributed by atoms with E-state index >= 15 is 0 Å². The molecule has 2 rings (SSSR count). The number of nitrogens with one attached hydrogen (secondary N) is 1. The molecule has 0 aliphatic heterocycles. The molecule has 1 nitrogen and oxygen atoms in total. The van der Waals surface area contributed by atoms with Gasteiger partial charge in [-0.3, -0.25) is 0 Å². The van der Waals surface area contributed by atoms with E-state index in [0.717, 1.165) is 19.4 Å². The van der Waals surface area contributed by atoms with Crippen LogP contribution in [0.5, 0.6) is 0 Å². The van der Waals surface area contributed by atoms with Crippen LogP contribution in [0, 0.1) is 5.92 Å². The van der Waals surface area contributed by atoms with Crippen LogP contribution in [0.1, 0.15) is 10.4 Å². The number of thiophene rings is 1. The van der Waals surface area contributed by atoms with Crippen molar-refractivity contribution in [2.45, 2.75) is 12.8 Å². The van der Waals surface area contributed by atoms with Crippen LogP contribution >= 0.6 is 43.2 Å². The average Bonchev–Trinajstić information content (AvgIpc) is 2.78. The molecular weight excluding hydrogens is 386 g/mol. The number of benzene rings is 1. The molecule has 1 N–H and O–H groups in total. The highest BCUT2D eigenvalue weighted by atomic mass is 79.9. The Morgan fingerprint density at radius 1 is 1.11 bits per heavy atom. The number of halogens is 2. The van der Waals surface area contributed by atoms with E-state index in [9.17, 15) is 0 Å². The highest BCUT2D eigenvalue weighted by Gasteiger charge is 2.14. The maximum atomic E-state index is 3.64. The molecule has 0 aliphatic rings. The third-order valence-corrected chi connectivity index (χ3v) is 5.85. The first-order chi connectivity index (χ1) is 9.20. The molecule has 0 saturated carbocycles. The molecule has 0 amide bonds. The van der Waals surface area contributed by atoms with Gasteiger partial charge in [0.05, 0.1) is 0 Å². The van der Waals surface area contributed by atoms with E-state index in [1.165, 1.54) is 19.4 Å². The standard InChI is InChI=1S/C15H17Br2NS/c1-18-10-11(9-15-14(17)6-7-19-15)8-12-4-2-3-5-13(12)16/h2-7,11,18H,8-10H2,1H3. The molecule has 19 heavy (non-hydrogen) atoms. The fraction of sp³-hybridized carbons (Fsp3) is 0.333. The predicted molar refractivity (Wildman–Crippen MR) is 91.0 cm³/mol. The van der Waals surface area contributed by atoms with Crippen molar-refractivity contribution in [1.29, 1.82) is 0 Å². The smallest absolute Gasteiger partial charge is 0.0314 e. The fourth-order valence-corrected chi connectivity index (χ4v) is 4.29. The quantitative estimate of drug-likeness (QED) is 0.724. The summed E-state index contributed by atoms with van der Waals surface area (Å²) in [6, 6.07) is 10.6. The third kappa shape index (κ3) is 4.42. The van der Waals surface area contributed by atoms with Gasteiger partial charge in [-0.25, -0.2) is 0 Å². The topological polar surface area (TPSA) is 12.0 Å². The summed E-state index contributed by atoms with van der Waals surface area (Å²) in [4.78, 5) is 1.44. The molecule has 1 unspecified atom stereocenters. The van der Waals surface area contributed by atoms with Gasteiger partial charge in [0.1, 0.15) is 0 Å². The normalized spacial score (nSPS) is 12.6. The van der Waals surface area contributed by atoms with Crippen molar-refractivity contribution in [2.75, 3.05) is 13.6 Å². The van der Waals surface area contributed by atoms with Crippen molar-refractivity contribution in [3.63, 3.8) is 0 Å². The zero-order chi connectivity index (χ0) is 13.7. The fourth-order valence-electron chi connectivity index (χ4n) is 2.21. The minimum atomic E-state index is 0.610. The van der Waals surface area contributed by atoms with Gasteiger partial charge >= 0.3 is 0 Å². The molecule has 102 valence electrons. The van der Waals surface area contributed by atoms with Gasteiger partial charge in [0.15, 0.2) is 0 Å². The zero-order valence-electron chi connectivity index (χ0n) is 10.8. The SMILES string of the molecule is CNCC(Cc1ccccc1Br)Cc1sccc1Br. The van der Waals surface area contributed by atoms with Gasteiger partial charge in [-0.05, 0) is 71.4 Å². The minimum Gasteiger partial charge on any atom is -0.319 e. The van der Waals surface area contributed by atoms with Crippen molar-refractivity contribution in [3.8, 4) is 0 Å². The molecular formula is C15H17Br2NS. The summed E-state index contributed by atoms with van der Waals surface area (Å²) in [5.74, 6) is 0.610. The highest BCUT2D eigenvalue weighted by molar-refractivity contribution is 9.10. The second-order valence-corrected chi connectivity index (χ2v) is 7.32. The van der Waals surface area contributed by atoms with Crippen molar-refractivity contribution >= 4 is 43.2 Å². The van der Waals surface area contributed by atoms with Crippen LogP contribution in [0.15, 0.2) is 44.7 Å². The Morgan fingerprint density at radius 3 is 2.53 bits per heavy atom. The summed E-state index contributed by atoms with van der Waals surface area (Å²) >= 11 is 9.10. The van der Waals surface area contributed by atoms with E-state index in [-0.39, 0.29) is 0 Å². The van der Waals surface area contributed by atoms with Gasteiger partial charge in [0.25, 0.3) is 0 Å². The van der Waals surface area contributed by atoms with E-state index < -0.39 is 0 Å². The Bertz CT molecular complexity index is 524. The Morgan fingerprint density at radius 2 is 1.89 bits per heavy atom. The first-order valence-electron chi connectivity index (χ1n) is 6.30. The van der Waals surface area contributed by atoms with Crippen LogP contribution in [0.25, 0.3) is 0 Å². The lowest BCUT2D eigenvalue weighted by atomic mass is 9.95. The Labute approximate surface area is 135 Å². The number of hydrogen-bond acceptors (Lipinski definition) is 2. The van der Waals surface area contributed by atoms with Gasteiger partial charge in [-0.1, -0.05) is 34.1 Å². The van der Waals surface area contributed by atoms with Crippen LogP contribution in [0.2, 0.25) is 0 Å². The first kappa shape index (κ1) is 15.2. The van der Waals surface area contributed by atoms with Crippen LogP contribution in [-0.4, -0.2) is 13.6 Å². The summed E-state index contributed by atoms with van der Waals surface area (Å²) in [5, 5.41) is 5.46. The molecule has 2 aromatic rings. The summed E-state index contributed by atoms with van der Waals surface area (Å²) in [6.45, 7) is 1.03. The van der Waals surface area contributed by atoms with Gasteiger partial charge in [-0.15, -0.1) is 11.3 Å². The third-order valence-electron chi connectivity index (χ3n) is 3.12. The Hall–Kier alpha value is -0.160. The lowest BCUT2D eigenvalue weighted by Crippen LogP contribution is -2.22. The molecule has 1 aromatic carbocycles. The van der Waals surface area contributed by atoms with Crippen molar-refractivity contribution in [2.24, 2.45) is 5.92 Å². The highest BCUT2D eigenvalue weighted by Crippen LogP contribution is 2.27. The molecule has 1 aromatic heterocycles. The molecule has 0 saturated heterocycles. The molecule has 0 radical (unpaired) electrons. The minimum absolute atomic E-state index is 0.610. The predicted octanol–water partition coefficient (Wildman–Crippen LogP) is 4.89. The van der Waals surface area contributed by atoms with E-state index in [1.807, 2.05) is 18.4 Å². The second-order valence-electron chi connectivity index (χ2n) is 4.62. The summed E-state index contributed by atoms with van der Waals surface area (Å²) in [6.07, 6.45) is 2.20. The van der Waals surface area contributed by atoms with E-state index in [0.29, 0.717) is 5.92 Å². The molecule has 0 fully saturated rings. The summed E-state index contributed by atoms with van der Waals surface area (Å²) in [7, 11) is 2.02.